The number of hydrogen-bond acceptors (Lipinski definition) is 4. The molecule has 0 fully saturated rings. The number of rotatable bonds is 4. The quantitative estimate of drug-likeness (QED) is 0.874. The van der Waals surface area contributed by atoms with Crippen LogP contribution in [0.4, 0.5) is 5.69 Å². The number of primary sulfonamides is 1. The first-order chi connectivity index (χ1) is 9.21. The maximum atomic E-state index is 12.1. The van der Waals surface area contributed by atoms with Crippen molar-refractivity contribution in [1.82, 2.24) is 0 Å². The molecule has 0 saturated carbocycles. The van der Waals surface area contributed by atoms with Crippen molar-refractivity contribution in [3.8, 4) is 0 Å². The van der Waals surface area contributed by atoms with Gasteiger partial charge in [0, 0.05) is 0 Å². The van der Waals surface area contributed by atoms with Gasteiger partial charge in [0.15, 0.2) is 0 Å². The van der Waals surface area contributed by atoms with Crippen molar-refractivity contribution in [2.24, 2.45) is 10.6 Å². The largest absolute Gasteiger partial charge is 0.283 e. The van der Waals surface area contributed by atoms with Gasteiger partial charge in [-0.05, 0) is 42.5 Å². The number of hydrogen-bond donors (Lipinski definition) is 2. The fourth-order valence-electron chi connectivity index (χ4n) is 2.01. The van der Waals surface area contributed by atoms with E-state index in [9.17, 15) is 16.8 Å². The molecule has 0 bridgehead atoms. The second-order valence-corrected chi connectivity index (χ2v) is 9.68. The first kappa shape index (κ1) is 17.9. The van der Waals surface area contributed by atoms with Crippen molar-refractivity contribution in [2.45, 2.75) is 39.5 Å². The molecule has 1 aromatic carbocycles. The van der Waals surface area contributed by atoms with E-state index in [1.807, 2.05) is 20.8 Å². The topological polar surface area (TPSA) is 106 Å². The maximum Gasteiger partial charge on any atom is 0.238 e. The fraction of sp³-hybridized carbons (Fsp3) is 0.538. The van der Waals surface area contributed by atoms with Gasteiger partial charge in [-0.2, -0.15) is 0 Å². The number of nitrogens with two attached hydrogens (primary N) is 1. The number of nitrogens with one attached hydrogen (secondary N) is 1. The second-order valence-electron chi connectivity index (χ2n) is 6.40. The molecular formula is C13H22N2O4S2. The molecule has 1 rings (SSSR count). The Hall–Kier alpha value is -1.12. The van der Waals surface area contributed by atoms with Crippen LogP contribution in [-0.2, 0) is 20.0 Å². The molecule has 3 N–H and O–H groups in total. The van der Waals surface area contributed by atoms with E-state index < -0.39 is 20.0 Å². The van der Waals surface area contributed by atoms with Gasteiger partial charge in [0.1, 0.15) is 0 Å². The summed E-state index contributed by atoms with van der Waals surface area (Å²) in [4.78, 5) is -0.0312. The highest BCUT2D eigenvalue weighted by atomic mass is 32.2. The summed E-state index contributed by atoms with van der Waals surface area (Å²) in [5.74, 6) is -0.0319. The smallest absolute Gasteiger partial charge is 0.238 e. The molecule has 0 spiro atoms. The molecule has 0 heterocycles. The minimum absolute atomic E-state index is 0.0312. The third kappa shape index (κ3) is 5.29. The molecule has 21 heavy (non-hydrogen) atoms. The molecule has 0 aromatic heterocycles. The lowest BCUT2D eigenvalue weighted by Crippen LogP contribution is -2.27. The molecule has 0 aliphatic heterocycles. The van der Waals surface area contributed by atoms with Crippen molar-refractivity contribution >= 4 is 25.7 Å². The number of sulfonamides is 2. The summed E-state index contributed by atoms with van der Waals surface area (Å²) in [6.07, 6.45) is 0. The zero-order valence-corrected chi connectivity index (χ0v) is 14.5. The van der Waals surface area contributed by atoms with Crippen LogP contribution in [-0.4, -0.2) is 22.6 Å². The van der Waals surface area contributed by atoms with Gasteiger partial charge < -0.3 is 0 Å². The highest BCUT2D eigenvalue weighted by molar-refractivity contribution is 7.92. The van der Waals surface area contributed by atoms with Crippen LogP contribution in [0.3, 0.4) is 0 Å². The lowest BCUT2D eigenvalue weighted by atomic mass is 10.0. The molecule has 0 aliphatic rings. The molecular weight excluding hydrogens is 312 g/mol. The summed E-state index contributed by atoms with van der Waals surface area (Å²) in [6, 6.07) is 2.72. The minimum Gasteiger partial charge on any atom is -0.283 e. The predicted octanol–water partition coefficient (Wildman–Crippen LogP) is 1.74. The van der Waals surface area contributed by atoms with E-state index in [1.54, 1.807) is 13.8 Å². The molecule has 1 aromatic rings. The van der Waals surface area contributed by atoms with Crippen LogP contribution in [0, 0.1) is 19.3 Å². The zero-order chi connectivity index (χ0) is 16.6. The van der Waals surface area contributed by atoms with E-state index in [0.29, 0.717) is 16.8 Å². The van der Waals surface area contributed by atoms with Crippen molar-refractivity contribution in [2.75, 3.05) is 10.5 Å². The summed E-state index contributed by atoms with van der Waals surface area (Å²) in [5.41, 5.74) is 1.04. The summed E-state index contributed by atoms with van der Waals surface area (Å²) in [6.45, 7) is 8.76. The van der Waals surface area contributed by atoms with Crippen molar-refractivity contribution in [1.29, 1.82) is 0 Å². The van der Waals surface area contributed by atoms with Crippen LogP contribution in [0.5, 0.6) is 0 Å². The van der Waals surface area contributed by atoms with Gasteiger partial charge in [-0.3, -0.25) is 4.72 Å². The van der Waals surface area contributed by atoms with Crippen molar-refractivity contribution in [3.63, 3.8) is 0 Å². The highest BCUT2D eigenvalue weighted by Gasteiger charge is 2.23. The van der Waals surface area contributed by atoms with E-state index in [0.717, 1.165) is 0 Å². The lowest BCUT2D eigenvalue weighted by Gasteiger charge is -2.20. The first-order valence-electron chi connectivity index (χ1n) is 6.36. The Kier molecular flexibility index (Phi) is 4.77. The molecule has 0 saturated heterocycles. The summed E-state index contributed by atoms with van der Waals surface area (Å²) in [5, 5.41) is 5.09. The van der Waals surface area contributed by atoms with Crippen LogP contribution >= 0.6 is 0 Å². The Labute approximate surface area is 126 Å². The molecule has 0 aliphatic carbocycles. The summed E-state index contributed by atoms with van der Waals surface area (Å²) >= 11 is 0. The zero-order valence-electron chi connectivity index (χ0n) is 12.9. The van der Waals surface area contributed by atoms with Crippen LogP contribution in [0.15, 0.2) is 17.0 Å². The summed E-state index contributed by atoms with van der Waals surface area (Å²) < 4.78 is 49.5. The van der Waals surface area contributed by atoms with Gasteiger partial charge in [0.05, 0.1) is 16.3 Å². The molecule has 120 valence electrons. The number of aryl methyl sites for hydroxylation is 2. The second kappa shape index (κ2) is 5.58. The normalized spacial score (nSPS) is 13.2. The van der Waals surface area contributed by atoms with Crippen LogP contribution < -0.4 is 9.86 Å². The van der Waals surface area contributed by atoms with Gasteiger partial charge >= 0.3 is 0 Å². The monoisotopic (exact) mass is 334 g/mol. The van der Waals surface area contributed by atoms with E-state index in [-0.39, 0.29) is 16.1 Å². The van der Waals surface area contributed by atoms with Crippen LogP contribution in [0.25, 0.3) is 0 Å². The van der Waals surface area contributed by atoms with E-state index in [4.69, 9.17) is 5.14 Å². The molecule has 8 heteroatoms. The van der Waals surface area contributed by atoms with Crippen LogP contribution in [0.2, 0.25) is 0 Å². The number of anilines is 1. The van der Waals surface area contributed by atoms with Crippen molar-refractivity contribution < 1.29 is 16.8 Å². The Morgan fingerprint density at radius 3 is 1.81 bits per heavy atom. The minimum atomic E-state index is -3.81. The molecule has 0 unspecified atom stereocenters. The van der Waals surface area contributed by atoms with E-state index >= 15 is 0 Å². The van der Waals surface area contributed by atoms with E-state index in [1.165, 1.54) is 12.1 Å². The Morgan fingerprint density at radius 2 is 1.48 bits per heavy atom. The van der Waals surface area contributed by atoms with Crippen molar-refractivity contribution in [3.05, 3.63) is 23.3 Å². The fourth-order valence-corrected chi connectivity index (χ4v) is 4.54. The average molecular weight is 334 g/mol. The van der Waals surface area contributed by atoms with Gasteiger partial charge in [-0.15, -0.1) is 0 Å². The lowest BCUT2D eigenvalue weighted by molar-refractivity contribution is 0.463. The van der Waals surface area contributed by atoms with Gasteiger partial charge in [-0.1, -0.05) is 20.8 Å². The summed E-state index contributed by atoms with van der Waals surface area (Å²) in [7, 11) is -7.33. The third-order valence-electron chi connectivity index (χ3n) is 2.72. The molecule has 0 amide bonds. The molecule has 0 radical (unpaired) electrons. The van der Waals surface area contributed by atoms with Crippen LogP contribution in [0.1, 0.15) is 31.9 Å². The SMILES string of the molecule is Cc1cc(S(N)(=O)=O)cc(C)c1NS(=O)(=O)CC(C)(C)C. The predicted molar refractivity (Wildman–Crippen MR) is 84.2 cm³/mol. The first-order valence-corrected chi connectivity index (χ1v) is 9.56. The van der Waals surface area contributed by atoms with Gasteiger partial charge in [-0.25, -0.2) is 22.0 Å². The standard InChI is InChI=1S/C13H22N2O4S2/c1-9-6-11(21(14,18)19)7-10(2)12(9)15-20(16,17)8-13(3,4)5/h6-7,15H,8H2,1-5H3,(H2,14,18,19). The maximum absolute atomic E-state index is 12.1. The number of benzene rings is 1. The third-order valence-corrected chi connectivity index (χ3v) is 5.37. The molecule has 6 nitrogen and oxygen atoms in total. The van der Waals surface area contributed by atoms with E-state index in [2.05, 4.69) is 4.72 Å². The molecule has 0 atom stereocenters. The van der Waals surface area contributed by atoms with Gasteiger partial charge in [0.2, 0.25) is 20.0 Å². The average Bonchev–Trinajstić information content (AvgIpc) is 2.18. The highest BCUT2D eigenvalue weighted by Crippen LogP contribution is 2.26. The Bertz CT molecular complexity index is 722. The van der Waals surface area contributed by atoms with Gasteiger partial charge in [0.25, 0.3) is 0 Å². The Morgan fingerprint density at radius 1 is 1.05 bits per heavy atom. The Balaban J connectivity index is 3.23.